The molecule has 228 valence electrons. The van der Waals surface area contributed by atoms with Crippen molar-refractivity contribution in [2.24, 2.45) is 11.8 Å². The Morgan fingerprint density at radius 2 is 1.27 bits per heavy atom. The molecule has 0 amide bonds. The Balaban J connectivity index is 1.40. The third kappa shape index (κ3) is 7.60. The molecule has 7 heteroatoms. The first-order valence-corrected chi connectivity index (χ1v) is 14.8. The average Bonchev–Trinajstić information content (AvgIpc) is 3.55. The van der Waals surface area contributed by atoms with E-state index >= 15 is 0 Å². The minimum Gasteiger partial charge on any atom is -0.670 e. The van der Waals surface area contributed by atoms with Gasteiger partial charge in [0.15, 0.2) is 23.0 Å². The Bertz CT molecular complexity index is 1700. The Labute approximate surface area is 257 Å². The van der Waals surface area contributed by atoms with Gasteiger partial charge in [-0.1, -0.05) is 66.2 Å². The van der Waals surface area contributed by atoms with Crippen molar-refractivity contribution in [2.75, 3.05) is 14.2 Å². The smallest absolute Gasteiger partial charge is 0.160 e. The summed E-state index contributed by atoms with van der Waals surface area (Å²) in [5.74, 6) is 0.0915. The molecule has 0 radical (unpaired) electrons. The normalized spacial score (nSPS) is 13.3. The van der Waals surface area contributed by atoms with Crippen molar-refractivity contribution in [3.8, 4) is 23.0 Å². The monoisotopic (exact) mass is 592 g/mol. The number of Topliss-reactive ketones (excluding diaryl/α,β-unsaturated/α-hetero) is 1. The summed E-state index contributed by atoms with van der Waals surface area (Å²) in [6.45, 7) is 0. The number of ketones is 1. The van der Waals surface area contributed by atoms with Gasteiger partial charge in [-0.15, -0.1) is 0 Å². The zero-order valence-electron chi connectivity index (χ0n) is 25.0. The van der Waals surface area contributed by atoms with Crippen LogP contribution < -0.4 is 14.5 Å². The molecule has 3 N–H and O–H groups in total. The third-order valence-electron chi connectivity index (χ3n) is 8.29. The Kier molecular flexibility index (Phi) is 9.87. The van der Waals surface area contributed by atoms with Crippen molar-refractivity contribution >= 4 is 16.6 Å². The fraction of sp³-hybridized carbons (Fsp3) is 0.270. The predicted octanol–water partition coefficient (Wildman–Crippen LogP) is 6.05. The number of hydrogen-bond acceptors (Lipinski definition) is 6. The molecule has 0 spiro atoms. The highest BCUT2D eigenvalue weighted by Gasteiger charge is 2.28. The van der Waals surface area contributed by atoms with Gasteiger partial charge in [-0.3, -0.25) is 4.79 Å². The summed E-state index contributed by atoms with van der Waals surface area (Å²) in [5.41, 5.74) is 3.78. The van der Waals surface area contributed by atoms with Crippen LogP contribution in [-0.2, 0) is 30.5 Å². The standard InChI is InChI=1S/C37H38NO6/c1-43-36-20-25(8-11-32(36)39)17-30(16-24-7-10-28-5-3-4-6-29(28)15-24)34(41)22-35(42)31(19-27-13-14-38-23-27)18-26-9-12-33(40)37(21-26)44-2/h3-15,20-21,23,30-31,35,39-40,42H,16-19,22H2,1-2H3/q-1. The number of benzene rings is 4. The van der Waals surface area contributed by atoms with Crippen LogP contribution in [0.15, 0.2) is 97.3 Å². The van der Waals surface area contributed by atoms with Gasteiger partial charge < -0.3 is 29.8 Å². The number of ether oxygens (including phenoxy) is 2. The van der Waals surface area contributed by atoms with E-state index in [-0.39, 0.29) is 29.6 Å². The van der Waals surface area contributed by atoms with Crippen LogP contribution in [0.4, 0.5) is 0 Å². The second-order valence-corrected chi connectivity index (χ2v) is 11.4. The molecule has 0 saturated heterocycles. The molecule has 1 heterocycles. The molecule has 44 heavy (non-hydrogen) atoms. The summed E-state index contributed by atoms with van der Waals surface area (Å²) >= 11 is 0. The van der Waals surface area contributed by atoms with Crippen LogP contribution in [0.3, 0.4) is 0 Å². The number of rotatable bonds is 14. The topological polar surface area (TPSA) is 110 Å². The maximum absolute atomic E-state index is 14.0. The van der Waals surface area contributed by atoms with Gasteiger partial charge in [-0.05, 0) is 83.3 Å². The lowest BCUT2D eigenvalue weighted by Crippen LogP contribution is -2.31. The number of methoxy groups -OCH3 is 2. The van der Waals surface area contributed by atoms with E-state index < -0.39 is 12.0 Å². The molecule has 1 aromatic heterocycles. The van der Waals surface area contributed by atoms with E-state index in [9.17, 15) is 20.1 Å². The summed E-state index contributed by atoms with van der Waals surface area (Å²) in [4.78, 5) is 18.2. The Morgan fingerprint density at radius 1 is 0.705 bits per heavy atom. The maximum Gasteiger partial charge on any atom is 0.160 e. The molecular formula is C37H38NO6-. The van der Waals surface area contributed by atoms with E-state index in [1.165, 1.54) is 14.2 Å². The van der Waals surface area contributed by atoms with Crippen LogP contribution in [0, 0.1) is 11.8 Å². The van der Waals surface area contributed by atoms with Crippen molar-refractivity contribution in [1.29, 1.82) is 0 Å². The van der Waals surface area contributed by atoms with Gasteiger partial charge in [0.25, 0.3) is 0 Å². The molecule has 0 aliphatic carbocycles. The number of aromatic hydroxyl groups is 2. The first-order chi connectivity index (χ1) is 21.3. The number of aromatic nitrogens is 1. The Morgan fingerprint density at radius 3 is 1.89 bits per heavy atom. The second-order valence-electron chi connectivity index (χ2n) is 11.4. The first-order valence-electron chi connectivity index (χ1n) is 14.8. The SMILES string of the molecule is COc1cc(CC(Cc2ccc3ccccc3c2)C(=O)CC(O)C(Cc2cc[n-]c2)Cc2ccc(O)c(OC)c2)ccc1O. The fourth-order valence-electron chi connectivity index (χ4n) is 5.86. The van der Waals surface area contributed by atoms with E-state index in [4.69, 9.17) is 9.47 Å². The highest BCUT2D eigenvalue weighted by Crippen LogP contribution is 2.31. The lowest BCUT2D eigenvalue weighted by atomic mass is 9.82. The number of nitrogens with zero attached hydrogens (tertiary/aromatic N) is 1. The second kappa shape index (κ2) is 14.1. The molecule has 0 aliphatic rings. The molecule has 0 saturated carbocycles. The van der Waals surface area contributed by atoms with Crippen LogP contribution in [0.25, 0.3) is 10.8 Å². The summed E-state index contributed by atoms with van der Waals surface area (Å²) < 4.78 is 10.6. The van der Waals surface area contributed by atoms with Crippen molar-refractivity contribution in [2.45, 2.75) is 38.2 Å². The number of aliphatic hydroxyl groups is 1. The van der Waals surface area contributed by atoms with Crippen LogP contribution in [0.1, 0.15) is 28.7 Å². The summed E-state index contributed by atoms with van der Waals surface area (Å²) in [6, 6.07) is 26.6. The minimum absolute atomic E-state index is 0.0124. The summed E-state index contributed by atoms with van der Waals surface area (Å²) in [6.07, 6.45) is 4.54. The van der Waals surface area contributed by atoms with Gasteiger partial charge in [0.05, 0.1) is 20.3 Å². The van der Waals surface area contributed by atoms with Crippen molar-refractivity contribution < 1.29 is 29.6 Å². The molecule has 0 fully saturated rings. The molecule has 3 unspecified atom stereocenters. The maximum atomic E-state index is 14.0. The van der Waals surface area contributed by atoms with Gasteiger partial charge in [-0.25, -0.2) is 0 Å². The lowest BCUT2D eigenvalue weighted by Gasteiger charge is -2.25. The number of carbonyl (C=O) groups excluding carboxylic acids is 1. The van der Waals surface area contributed by atoms with Gasteiger partial charge in [0.1, 0.15) is 5.78 Å². The molecule has 5 aromatic rings. The zero-order valence-corrected chi connectivity index (χ0v) is 25.0. The van der Waals surface area contributed by atoms with Gasteiger partial charge in [0.2, 0.25) is 0 Å². The number of aliphatic hydroxyl groups excluding tert-OH is 1. The molecule has 7 nitrogen and oxygen atoms in total. The molecule has 5 rings (SSSR count). The van der Waals surface area contributed by atoms with Crippen molar-refractivity contribution in [1.82, 2.24) is 4.98 Å². The van der Waals surface area contributed by atoms with E-state index in [1.54, 1.807) is 42.7 Å². The average molecular weight is 593 g/mol. The largest absolute Gasteiger partial charge is 0.670 e. The number of phenols is 2. The molecule has 0 bridgehead atoms. The van der Waals surface area contributed by atoms with E-state index in [0.717, 1.165) is 33.0 Å². The van der Waals surface area contributed by atoms with Gasteiger partial charge in [-0.2, -0.15) is 12.4 Å². The number of phenolic OH excluding ortho intramolecular Hbond substituents is 2. The molecule has 0 aliphatic heterocycles. The van der Waals surface area contributed by atoms with Crippen molar-refractivity contribution in [3.05, 3.63) is 120 Å². The van der Waals surface area contributed by atoms with Crippen LogP contribution in [-0.4, -0.2) is 41.4 Å². The molecule has 3 atom stereocenters. The molecule has 4 aromatic carbocycles. The zero-order chi connectivity index (χ0) is 31.1. The van der Waals surface area contributed by atoms with Gasteiger partial charge >= 0.3 is 0 Å². The lowest BCUT2D eigenvalue weighted by molar-refractivity contribution is -0.125. The summed E-state index contributed by atoms with van der Waals surface area (Å²) in [7, 11) is 3.00. The van der Waals surface area contributed by atoms with Gasteiger partial charge in [0, 0.05) is 12.3 Å². The Hall–Kier alpha value is -4.75. The summed E-state index contributed by atoms with van der Waals surface area (Å²) in [5, 5.41) is 34.0. The van der Waals surface area contributed by atoms with E-state index in [2.05, 4.69) is 35.3 Å². The van der Waals surface area contributed by atoms with E-state index in [1.807, 2.05) is 24.3 Å². The quantitative estimate of drug-likeness (QED) is 0.144. The number of hydrogen-bond donors (Lipinski definition) is 3. The van der Waals surface area contributed by atoms with E-state index in [0.29, 0.717) is 37.2 Å². The van der Waals surface area contributed by atoms with Crippen LogP contribution >= 0.6 is 0 Å². The van der Waals surface area contributed by atoms with Crippen molar-refractivity contribution in [3.63, 3.8) is 0 Å². The highest BCUT2D eigenvalue weighted by molar-refractivity contribution is 5.84. The minimum atomic E-state index is -0.911. The molecular weight excluding hydrogens is 554 g/mol. The number of fused-ring (bicyclic) bond motifs is 1. The predicted molar refractivity (Wildman–Crippen MR) is 170 cm³/mol. The fourth-order valence-corrected chi connectivity index (χ4v) is 5.86. The third-order valence-corrected chi connectivity index (χ3v) is 8.29. The highest BCUT2D eigenvalue weighted by atomic mass is 16.5. The number of carbonyl (C=O) groups is 1. The van der Waals surface area contributed by atoms with Crippen LogP contribution in [0.2, 0.25) is 0 Å². The van der Waals surface area contributed by atoms with Crippen LogP contribution in [0.5, 0.6) is 23.0 Å². The first kappa shape index (κ1) is 30.7.